The van der Waals surface area contributed by atoms with Gasteiger partial charge in [0, 0.05) is 10.0 Å². The number of carbonyl (C=O) groups excluding carboxylic acids is 1. The highest BCUT2D eigenvalue weighted by molar-refractivity contribution is 9.10. The summed E-state index contributed by atoms with van der Waals surface area (Å²) in [4.78, 5) is 12.0. The summed E-state index contributed by atoms with van der Waals surface area (Å²) < 4.78 is 1.01. The van der Waals surface area contributed by atoms with Crippen LogP contribution < -0.4 is 5.32 Å². The van der Waals surface area contributed by atoms with Crippen LogP contribution in [0.1, 0.15) is 28.9 Å². The second-order valence-electron chi connectivity index (χ2n) is 4.08. The van der Waals surface area contributed by atoms with Crippen LogP contribution in [0.25, 0.3) is 0 Å². The van der Waals surface area contributed by atoms with Gasteiger partial charge in [0.15, 0.2) is 0 Å². The molecular weight excluding hydrogens is 290 g/mol. The largest absolute Gasteiger partial charge is 0.345 e. The monoisotopic (exact) mass is 303 g/mol. The van der Waals surface area contributed by atoms with Crippen molar-refractivity contribution in [1.29, 1.82) is 0 Å². The van der Waals surface area contributed by atoms with Gasteiger partial charge in [-0.2, -0.15) is 0 Å². The molecule has 0 fully saturated rings. The van der Waals surface area contributed by atoms with Gasteiger partial charge in [-0.15, -0.1) is 0 Å². The van der Waals surface area contributed by atoms with Crippen molar-refractivity contribution in [2.75, 3.05) is 0 Å². The lowest BCUT2D eigenvalue weighted by Crippen LogP contribution is -2.26. The first-order chi connectivity index (χ1) is 8.68. The van der Waals surface area contributed by atoms with Crippen molar-refractivity contribution in [1.82, 2.24) is 5.32 Å². The second-order valence-corrected chi connectivity index (χ2v) is 4.94. The number of rotatable bonds is 3. The summed E-state index contributed by atoms with van der Waals surface area (Å²) in [6, 6.07) is 17.1. The Morgan fingerprint density at radius 3 is 2.33 bits per heavy atom. The maximum atomic E-state index is 12.0. The third-order valence-corrected chi connectivity index (χ3v) is 3.48. The van der Waals surface area contributed by atoms with Crippen LogP contribution in [0.5, 0.6) is 0 Å². The normalized spacial score (nSPS) is 11.9. The van der Waals surface area contributed by atoms with Gasteiger partial charge < -0.3 is 5.32 Å². The molecule has 0 saturated carbocycles. The lowest BCUT2D eigenvalue weighted by Gasteiger charge is -2.15. The van der Waals surface area contributed by atoms with Gasteiger partial charge in [-0.1, -0.05) is 52.3 Å². The summed E-state index contributed by atoms with van der Waals surface area (Å²) in [5.41, 5.74) is 1.75. The van der Waals surface area contributed by atoms with E-state index in [1.807, 2.05) is 61.5 Å². The first-order valence-corrected chi connectivity index (χ1v) is 6.58. The van der Waals surface area contributed by atoms with Crippen molar-refractivity contribution in [2.45, 2.75) is 13.0 Å². The van der Waals surface area contributed by atoms with Crippen LogP contribution in [0.2, 0.25) is 0 Å². The molecule has 92 valence electrons. The molecule has 0 heterocycles. The van der Waals surface area contributed by atoms with Crippen LogP contribution in [0.4, 0.5) is 0 Å². The SMILES string of the molecule is CC(NC(=O)c1ccccc1)c1ccccc1Br. The predicted molar refractivity (Wildman–Crippen MR) is 76.5 cm³/mol. The Balaban J connectivity index is 2.11. The summed E-state index contributed by atoms with van der Waals surface area (Å²) in [6.45, 7) is 1.97. The van der Waals surface area contributed by atoms with E-state index in [1.165, 1.54) is 0 Å². The molecule has 2 rings (SSSR count). The van der Waals surface area contributed by atoms with Gasteiger partial charge in [0.2, 0.25) is 0 Å². The molecular formula is C15H14BrNO. The number of amides is 1. The van der Waals surface area contributed by atoms with Crippen molar-refractivity contribution in [3.05, 3.63) is 70.2 Å². The summed E-state index contributed by atoms with van der Waals surface area (Å²) >= 11 is 3.49. The van der Waals surface area contributed by atoms with Crippen LogP contribution >= 0.6 is 15.9 Å². The van der Waals surface area contributed by atoms with E-state index in [2.05, 4.69) is 21.2 Å². The molecule has 0 aliphatic rings. The van der Waals surface area contributed by atoms with Crippen molar-refractivity contribution in [3.63, 3.8) is 0 Å². The minimum Gasteiger partial charge on any atom is -0.345 e. The van der Waals surface area contributed by atoms with Crippen molar-refractivity contribution >= 4 is 21.8 Å². The second kappa shape index (κ2) is 5.83. The van der Waals surface area contributed by atoms with Gasteiger partial charge in [-0.25, -0.2) is 0 Å². The molecule has 2 nitrogen and oxygen atoms in total. The molecule has 2 aromatic carbocycles. The Morgan fingerprint density at radius 1 is 1.06 bits per heavy atom. The molecule has 1 atom stereocenters. The molecule has 3 heteroatoms. The number of hydrogen-bond donors (Lipinski definition) is 1. The average molecular weight is 304 g/mol. The molecule has 1 amide bonds. The summed E-state index contributed by atoms with van der Waals surface area (Å²) in [5.74, 6) is -0.0566. The van der Waals surface area contributed by atoms with Gasteiger partial charge in [0.05, 0.1) is 6.04 Å². The minimum absolute atomic E-state index is 0.0340. The third kappa shape index (κ3) is 2.99. The molecule has 0 bridgehead atoms. The van der Waals surface area contributed by atoms with Crippen LogP contribution in [0.15, 0.2) is 59.1 Å². The summed E-state index contributed by atoms with van der Waals surface area (Å²) in [7, 11) is 0. The smallest absolute Gasteiger partial charge is 0.251 e. The first kappa shape index (κ1) is 12.8. The van der Waals surface area contributed by atoms with E-state index in [-0.39, 0.29) is 11.9 Å². The number of hydrogen-bond acceptors (Lipinski definition) is 1. The average Bonchev–Trinajstić information content (AvgIpc) is 2.40. The highest BCUT2D eigenvalue weighted by Gasteiger charge is 2.12. The molecule has 1 unspecified atom stereocenters. The van der Waals surface area contributed by atoms with Crippen LogP contribution in [0.3, 0.4) is 0 Å². The minimum atomic E-state index is -0.0566. The van der Waals surface area contributed by atoms with Gasteiger partial charge in [0.1, 0.15) is 0 Å². The van der Waals surface area contributed by atoms with E-state index < -0.39 is 0 Å². The Bertz CT molecular complexity index is 539. The molecule has 0 radical (unpaired) electrons. The highest BCUT2D eigenvalue weighted by atomic mass is 79.9. The van der Waals surface area contributed by atoms with Gasteiger partial charge in [0.25, 0.3) is 5.91 Å². The fourth-order valence-electron chi connectivity index (χ4n) is 1.77. The van der Waals surface area contributed by atoms with Gasteiger partial charge >= 0.3 is 0 Å². The Morgan fingerprint density at radius 2 is 1.67 bits per heavy atom. The van der Waals surface area contributed by atoms with E-state index in [1.54, 1.807) is 0 Å². The van der Waals surface area contributed by atoms with Gasteiger partial charge in [-0.05, 0) is 30.7 Å². The zero-order valence-corrected chi connectivity index (χ0v) is 11.6. The van der Waals surface area contributed by atoms with E-state index >= 15 is 0 Å². The van der Waals surface area contributed by atoms with Gasteiger partial charge in [-0.3, -0.25) is 4.79 Å². The van der Waals surface area contributed by atoms with Crippen LogP contribution in [-0.4, -0.2) is 5.91 Å². The molecule has 0 spiro atoms. The molecule has 0 aliphatic heterocycles. The molecule has 2 aromatic rings. The van der Waals surface area contributed by atoms with Crippen molar-refractivity contribution < 1.29 is 4.79 Å². The Hall–Kier alpha value is -1.61. The molecule has 0 aromatic heterocycles. The van der Waals surface area contributed by atoms with E-state index in [4.69, 9.17) is 0 Å². The zero-order valence-electron chi connectivity index (χ0n) is 10.1. The number of nitrogens with one attached hydrogen (secondary N) is 1. The Kier molecular flexibility index (Phi) is 4.15. The molecule has 18 heavy (non-hydrogen) atoms. The maximum absolute atomic E-state index is 12.0. The fraction of sp³-hybridized carbons (Fsp3) is 0.133. The fourth-order valence-corrected chi connectivity index (χ4v) is 2.40. The zero-order chi connectivity index (χ0) is 13.0. The quantitative estimate of drug-likeness (QED) is 0.914. The molecule has 0 aliphatic carbocycles. The standard InChI is InChI=1S/C15H14BrNO/c1-11(13-9-5-6-10-14(13)16)17-15(18)12-7-3-2-4-8-12/h2-11H,1H3,(H,17,18). The predicted octanol–water partition coefficient (Wildman–Crippen LogP) is 3.94. The maximum Gasteiger partial charge on any atom is 0.251 e. The number of halogens is 1. The van der Waals surface area contributed by atoms with Crippen molar-refractivity contribution in [2.24, 2.45) is 0 Å². The highest BCUT2D eigenvalue weighted by Crippen LogP contribution is 2.22. The van der Waals surface area contributed by atoms with E-state index in [9.17, 15) is 4.79 Å². The lowest BCUT2D eigenvalue weighted by molar-refractivity contribution is 0.0940. The van der Waals surface area contributed by atoms with E-state index in [0.29, 0.717) is 5.56 Å². The Labute approximate surface area is 115 Å². The summed E-state index contributed by atoms with van der Waals surface area (Å²) in [6.07, 6.45) is 0. The lowest BCUT2D eigenvalue weighted by atomic mass is 10.1. The topological polar surface area (TPSA) is 29.1 Å². The molecule has 1 N–H and O–H groups in total. The van der Waals surface area contributed by atoms with Crippen LogP contribution in [0, 0.1) is 0 Å². The first-order valence-electron chi connectivity index (χ1n) is 5.79. The van der Waals surface area contributed by atoms with Crippen molar-refractivity contribution in [3.8, 4) is 0 Å². The molecule has 0 saturated heterocycles. The number of benzene rings is 2. The van der Waals surface area contributed by atoms with Crippen LogP contribution in [-0.2, 0) is 0 Å². The third-order valence-electron chi connectivity index (χ3n) is 2.76. The summed E-state index contributed by atoms with van der Waals surface area (Å²) in [5, 5.41) is 2.98. The number of carbonyl (C=O) groups is 1. The van der Waals surface area contributed by atoms with E-state index in [0.717, 1.165) is 10.0 Å².